The molecule has 0 bridgehead atoms. The Balaban J connectivity index is 2.23. The Bertz CT molecular complexity index is 333. The quantitative estimate of drug-likeness (QED) is 0.584. The van der Waals surface area contributed by atoms with Gasteiger partial charge in [-0.05, 0) is 19.3 Å². The minimum Gasteiger partial charge on any atom is -0.308 e. The number of nitrogens with zero attached hydrogens (tertiary/aromatic N) is 2. The molecule has 0 amide bonds. The first-order valence-corrected chi connectivity index (χ1v) is 5.68. The summed E-state index contributed by atoms with van der Waals surface area (Å²) in [5.74, 6) is 7.68. The Hall–Kier alpha value is -1.16. The molecule has 1 aromatic heterocycles. The molecule has 0 unspecified atom stereocenters. The van der Waals surface area contributed by atoms with Crippen molar-refractivity contribution in [1.82, 2.24) is 9.97 Å². The second kappa shape index (κ2) is 4.57. The van der Waals surface area contributed by atoms with E-state index in [1.54, 1.807) is 0 Å². The minimum atomic E-state index is 0.564. The van der Waals surface area contributed by atoms with E-state index >= 15 is 0 Å². The van der Waals surface area contributed by atoms with Crippen molar-refractivity contribution in [3.63, 3.8) is 0 Å². The summed E-state index contributed by atoms with van der Waals surface area (Å²) in [5, 5.41) is 0. The molecule has 4 nitrogen and oxygen atoms in total. The Morgan fingerprint density at radius 3 is 2.80 bits per heavy atom. The van der Waals surface area contributed by atoms with Crippen LogP contribution < -0.4 is 11.3 Å². The normalized spacial score (nSPS) is 16.1. The molecule has 0 radical (unpaired) electrons. The molecule has 1 aliphatic carbocycles. The number of hydrazine groups is 1. The maximum atomic E-state index is 5.40. The van der Waals surface area contributed by atoms with E-state index in [-0.39, 0.29) is 0 Å². The fourth-order valence-corrected chi connectivity index (χ4v) is 1.83. The van der Waals surface area contributed by atoms with Gasteiger partial charge in [0.05, 0.1) is 0 Å². The van der Waals surface area contributed by atoms with Crippen molar-refractivity contribution in [2.45, 2.75) is 44.9 Å². The van der Waals surface area contributed by atoms with Gasteiger partial charge in [0, 0.05) is 17.7 Å². The van der Waals surface area contributed by atoms with E-state index in [0.717, 1.165) is 30.2 Å². The summed E-state index contributed by atoms with van der Waals surface area (Å²) in [7, 11) is 0. The third-order valence-electron chi connectivity index (χ3n) is 2.92. The maximum Gasteiger partial charge on any atom is 0.143 e. The number of aryl methyl sites for hydroxylation is 1. The van der Waals surface area contributed by atoms with Crippen LogP contribution in [0.3, 0.4) is 0 Å². The molecule has 1 heterocycles. The molecule has 2 rings (SSSR count). The van der Waals surface area contributed by atoms with E-state index in [0.29, 0.717) is 5.92 Å². The molecule has 4 heteroatoms. The van der Waals surface area contributed by atoms with Crippen LogP contribution >= 0.6 is 0 Å². The van der Waals surface area contributed by atoms with Crippen molar-refractivity contribution in [3.8, 4) is 0 Å². The number of rotatable bonds is 4. The molecule has 1 fully saturated rings. The van der Waals surface area contributed by atoms with Gasteiger partial charge in [-0.2, -0.15) is 0 Å². The van der Waals surface area contributed by atoms with Crippen molar-refractivity contribution >= 4 is 5.82 Å². The Morgan fingerprint density at radius 2 is 2.27 bits per heavy atom. The third-order valence-corrected chi connectivity index (χ3v) is 2.92. The lowest BCUT2D eigenvalue weighted by Gasteiger charge is -2.24. The van der Waals surface area contributed by atoms with Gasteiger partial charge in [-0.3, -0.25) is 0 Å². The van der Waals surface area contributed by atoms with Crippen LogP contribution in [0.1, 0.15) is 50.0 Å². The number of anilines is 1. The van der Waals surface area contributed by atoms with E-state index in [2.05, 4.69) is 22.3 Å². The van der Waals surface area contributed by atoms with Crippen molar-refractivity contribution < 1.29 is 0 Å². The van der Waals surface area contributed by atoms with E-state index < -0.39 is 0 Å². The monoisotopic (exact) mass is 206 g/mol. The van der Waals surface area contributed by atoms with Gasteiger partial charge in [0.2, 0.25) is 0 Å². The highest BCUT2D eigenvalue weighted by Crippen LogP contribution is 2.34. The smallest absolute Gasteiger partial charge is 0.143 e. The van der Waals surface area contributed by atoms with Crippen LogP contribution in [-0.2, 0) is 6.42 Å². The van der Waals surface area contributed by atoms with Crippen molar-refractivity contribution in [2.24, 2.45) is 5.84 Å². The highest BCUT2D eigenvalue weighted by atomic mass is 15.3. The first kappa shape index (κ1) is 10.4. The van der Waals surface area contributed by atoms with Crippen LogP contribution in [0.2, 0.25) is 0 Å². The average Bonchev–Trinajstić information content (AvgIpc) is 2.15. The molecule has 0 aromatic carbocycles. The largest absolute Gasteiger partial charge is 0.308 e. The van der Waals surface area contributed by atoms with Gasteiger partial charge in [0.15, 0.2) is 0 Å². The van der Waals surface area contributed by atoms with E-state index in [1.165, 1.54) is 19.3 Å². The topological polar surface area (TPSA) is 63.8 Å². The minimum absolute atomic E-state index is 0.564. The second-order valence-electron chi connectivity index (χ2n) is 4.12. The standard InChI is InChI=1S/C11H18N4/c1-2-4-9-7-10(15-12)14-11(13-9)8-5-3-6-8/h7-8H,2-6,12H2,1H3,(H,13,14,15). The summed E-state index contributed by atoms with van der Waals surface area (Å²) in [6.07, 6.45) is 5.85. The summed E-state index contributed by atoms with van der Waals surface area (Å²) in [5.41, 5.74) is 3.72. The number of hydrogen-bond acceptors (Lipinski definition) is 4. The van der Waals surface area contributed by atoms with Crippen molar-refractivity contribution in [1.29, 1.82) is 0 Å². The van der Waals surface area contributed by atoms with Crippen molar-refractivity contribution in [3.05, 3.63) is 17.6 Å². The molecule has 0 atom stereocenters. The van der Waals surface area contributed by atoms with Crippen LogP contribution in [-0.4, -0.2) is 9.97 Å². The number of aromatic nitrogens is 2. The highest BCUT2D eigenvalue weighted by Gasteiger charge is 2.22. The Morgan fingerprint density at radius 1 is 1.47 bits per heavy atom. The summed E-state index contributed by atoms with van der Waals surface area (Å²) < 4.78 is 0. The van der Waals surface area contributed by atoms with Gasteiger partial charge in [0.25, 0.3) is 0 Å². The van der Waals surface area contributed by atoms with Crippen LogP contribution in [0.15, 0.2) is 6.07 Å². The van der Waals surface area contributed by atoms with Gasteiger partial charge in [0.1, 0.15) is 11.6 Å². The van der Waals surface area contributed by atoms with Gasteiger partial charge < -0.3 is 5.43 Å². The first-order valence-electron chi connectivity index (χ1n) is 5.68. The SMILES string of the molecule is CCCc1cc(NN)nc(C2CCC2)n1. The van der Waals surface area contributed by atoms with Gasteiger partial charge in [-0.15, -0.1) is 0 Å². The fourth-order valence-electron chi connectivity index (χ4n) is 1.83. The Labute approximate surface area is 90.3 Å². The first-order chi connectivity index (χ1) is 7.33. The molecule has 1 saturated carbocycles. The van der Waals surface area contributed by atoms with Crippen LogP contribution in [0.5, 0.6) is 0 Å². The summed E-state index contributed by atoms with van der Waals surface area (Å²) in [6.45, 7) is 2.15. The molecule has 1 aliphatic rings. The van der Waals surface area contributed by atoms with Crippen LogP contribution in [0.25, 0.3) is 0 Å². The summed E-state index contributed by atoms with van der Waals surface area (Å²) in [4.78, 5) is 9.00. The zero-order valence-electron chi connectivity index (χ0n) is 9.16. The highest BCUT2D eigenvalue weighted by molar-refractivity contribution is 5.35. The van der Waals surface area contributed by atoms with Crippen LogP contribution in [0.4, 0.5) is 5.82 Å². The predicted octanol–water partition coefficient (Wildman–Crippen LogP) is 1.98. The molecule has 82 valence electrons. The molecule has 3 N–H and O–H groups in total. The van der Waals surface area contributed by atoms with Gasteiger partial charge >= 0.3 is 0 Å². The van der Waals surface area contributed by atoms with Crippen LogP contribution in [0, 0.1) is 0 Å². The number of nitrogens with two attached hydrogens (primary N) is 1. The molecule has 0 aliphatic heterocycles. The van der Waals surface area contributed by atoms with E-state index in [9.17, 15) is 0 Å². The zero-order valence-corrected chi connectivity index (χ0v) is 9.16. The summed E-state index contributed by atoms with van der Waals surface area (Å²) >= 11 is 0. The van der Waals surface area contributed by atoms with E-state index in [1.807, 2.05) is 6.07 Å². The molecule has 0 spiro atoms. The maximum absolute atomic E-state index is 5.40. The zero-order chi connectivity index (χ0) is 10.7. The molecule has 1 aromatic rings. The lowest BCUT2D eigenvalue weighted by Crippen LogP contribution is -2.17. The van der Waals surface area contributed by atoms with Gasteiger partial charge in [-0.25, -0.2) is 15.8 Å². The molecule has 15 heavy (non-hydrogen) atoms. The third kappa shape index (κ3) is 2.26. The average molecular weight is 206 g/mol. The number of nitrogens with one attached hydrogen (secondary N) is 1. The number of hydrogen-bond donors (Lipinski definition) is 2. The molecular formula is C11H18N4. The lowest BCUT2D eigenvalue weighted by molar-refractivity contribution is 0.400. The predicted molar refractivity (Wildman–Crippen MR) is 60.4 cm³/mol. The fraction of sp³-hybridized carbons (Fsp3) is 0.636. The summed E-state index contributed by atoms with van der Waals surface area (Å²) in [6, 6.07) is 1.94. The lowest BCUT2D eigenvalue weighted by atomic mass is 9.85. The van der Waals surface area contributed by atoms with E-state index in [4.69, 9.17) is 5.84 Å². The molecular weight excluding hydrogens is 188 g/mol. The second-order valence-corrected chi connectivity index (χ2v) is 4.12. The van der Waals surface area contributed by atoms with Gasteiger partial charge in [-0.1, -0.05) is 19.8 Å². The Kier molecular flexibility index (Phi) is 3.16. The number of nitrogen functional groups attached to an aromatic ring is 1. The van der Waals surface area contributed by atoms with Crippen molar-refractivity contribution in [2.75, 3.05) is 5.43 Å². The molecule has 0 saturated heterocycles.